The largest absolute Gasteiger partial charge is 0.393 e. The number of anilines is 4. The van der Waals surface area contributed by atoms with E-state index >= 15 is 0 Å². The molecule has 0 unspecified atom stereocenters. The number of nitrogens with zero attached hydrogens (tertiary/aromatic N) is 4. The first-order chi connectivity index (χ1) is 11.0. The Morgan fingerprint density at radius 2 is 1.74 bits per heavy atom. The molecular formula is C17H26N6. The van der Waals surface area contributed by atoms with Crippen molar-refractivity contribution in [3.05, 3.63) is 30.7 Å². The molecular weight excluding hydrogens is 288 g/mol. The van der Waals surface area contributed by atoms with Crippen molar-refractivity contribution in [3.63, 3.8) is 0 Å². The third kappa shape index (κ3) is 4.81. The van der Waals surface area contributed by atoms with E-state index in [1.54, 1.807) is 12.5 Å². The zero-order valence-electron chi connectivity index (χ0n) is 14.3. The molecule has 3 N–H and O–H groups in total. The quantitative estimate of drug-likeness (QED) is 0.816. The summed E-state index contributed by atoms with van der Waals surface area (Å²) in [6.45, 7) is 10.6. The average molecular weight is 314 g/mol. The van der Waals surface area contributed by atoms with Crippen LogP contribution in [0.25, 0.3) is 0 Å². The van der Waals surface area contributed by atoms with E-state index in [4.69, 9.17) is 5.73 Å². The van der Waals surface area contributed by atoms with E-state index in [0.717, 1.165) is 18.9 Å². The molecule has 0 radical (unpaired) electrons. The van der Waals surface area contributed by atoms with Gasteiger partial charge in [-0.15, -0.1) is 0 Å². The lowest BCUT2D eigenvalue weighted by molar-refractivity contribution is 0.549. The highest BCUT2D eigenvalue weighted by atomic mass is 15.2. The number of nitrogens with one attached hydrogen (secondary N) is 1. The standard InChI is InChI=1S/C17H26N6/c1-12(2)9-23(10-13(3)4)17-15(18)16(20-11-21-17)22-14-7-5-6-8-19-14/h5-8,11-13H,9-10,18H2,1-4H3,(H,19,20,21,22). The third-order valence-corrected chi connectivity index (χ3v) is 3.24. The van der Waals surface area contributed by atoms with Gasteiger partial charge < -0.3 is 16.0 Å². The van der Waals surface area contributed by atoms with Crippen molar-refractivity contribution in [2.45, 2.75) is 27.7 Å². The lowest BCUT2D eigenvalue weighted by atomic mass is 10.1. The number of aromatic nitrogens is 3. The van der Waals surface area contributed by atoms with E-state index in [-0.39, 0.29) is 0 Å². The summed E-state index contributed by atoms with van der Waals surface area (Å²) in [4.78, 5) is 15.2. The average Bonchev–Trinajstić information content (AvgIpc) is 2.49. The molecule has 23 heavy (non-hydrogen) atoms. The maximum Gasteiger partial charge on any atom is 0.160 e. The zero-order chi connectivity index (χ0) is 16.8. The maximum absolute atomic E-state index is 6.33. The highest BCUT2D eigenvalue weighted by Gasteiger charge is 2.17. The number of rotatable bonds is 7. The van der Waals surface area contributed by atoms with E-state index in [1.165, 1.54) is 0 Å². The van der Waals surface area contributed by atoms with Crippen LogP contribution in [-0.4, -0.2) is 28.0 Å². The minimum atomic E-state index is 0.523. The van der Waals surface area contributed by atoms with Crippen molar-refractivity contribution in [1.29, 1.82) is 0 Å². The summed E-state index contributed by atoms with van der Waals surface area (Å²) in [6.07, 6.45) is 3.27. The van der Waals surface area contributed by atoms with Crippen molar-refractivity contribution in [3.8, 4) is 0 Å². The Kier molecular flexibility index (Phi) is 5.73. The second kappa shape index (κ2) is 7.76. The fourth-order valence-corrected chi connectivity index (χ4v) is 2.42. The molecule has 2 rings (SSSR count). The van der Waals surface area contributed by atoms with E-state index in [9.17, 15) is 0 Å². The van der Waals surface area contributed by atoms with Crippen LogP contribution in [0.15, 0.2) is 30.7 Å². The molecule has 0 spiro atoms. The van der Waals surface area contributed by atoms with E-state index in [1.807, 2.05) is 18.2 Å². The molecule has 0 atom stereocenters. The molecule has 0 aliphatic heterocycles. The van der Waals surface area contributed by atoms with Gasteiger partial charge >= 0.3 is 0 Å². The molecule has 124 valence electrons. The van der Waals surface area contributed by atoms with Crippen molar-refractivity contribution in [2.24, 2.45) is 11.8 Å². The van der Waals surface area contributed by atoms with Gasteiger partial charge in [0.1, 0.15) is 17.8 Å². The van der Waals surface area contributed by atoms with Gasteiger partial charge in [-0.05, 0) is 24.0 Å². The van der Waals surface area contributed by atoms with Gasteiger partial charge in [-0.2, -0.15) is 0 Å². The number of hydrogen-bond donors (Lipinski definition) is 2. The van der Waals surface area contributed by atoms with E-state index in [0.29, 0.717) is 29.2 Å². The van der Waals surface area contributed by atoms with Crippen LogP contribution < -0.4 is 16.0 Å². The normalized spacial score (nSPS) is 11.0. The highest BCUT2D eigenvalue weighted by molar-refractivity contribution is 5.77. The molecule has 2 heterocycles. The first-order valence-corrected chi connectivity index (χ1v) is 8.00. The maximum atomic E-state index is 6.33. The number of hydrogen-bond acceptors (Lipinski definition) is 6. The van der Waals surface area contributed by atoms with E-state index in [2.05, 4.69) is 52.9 Å². The van der Waals surface area contributed by atoms with Gasteiger partial charge in [-0.25, -0.2) is 15.0 Å². The molecule has 0 aliphatic rings. The molecule has 0 aromatic carbocycles. The summed E-state index contributed by atoms with van der Waals surface area (Å²) >= 11 is 0. The van der Waals surface area contributed by atoms with Gasteiger partial charge in [0.15, 0.2) is 11.6 Å². The smallest absolute Gasteiger partial charge is 0.160 e. The molecule has 0 saturated heterocycles. The molecule has 0 bridgehead atoms. The number of nitrogens with two attached hydrogens (primary N) is 1. The summed E-state index contributed by atoms with van der Waals surface area (Å²) in [7, 11) is 0. The number of nitrogen functional groups attached to an aromatic ring is 1. The molecule has 6 heteroatoms. The lowest BCUT2D eigenvalue weighted by Gasteiger charge is -2.28. The van der Waals surface area contributed by atoms with Crippen LogP contribution in [0.4, 0.5) is 23.1 Å². The van der Waals surface area contributed by atoms with Crippen LogP contribution in [-0.2, 0) is 0 Å². The predicted molar refractivity (Wildman–Crippen MR) is 95.9 cm³/mol. The fraction of sp³-hybridized carbons (Fsp3) is 0.471. The van der Waals surface area contributed by atoms with Crippen LogP contribution in [0.5, 0.6) is 0 Å². The first-order valence-electron chi connectivity index (χ1n) is 8.00. The zero-order valence-corrected chi connectivity index (χ0v) is 14.3. The Morgan fingerprint density at radius 3 is 2.30 bits per heavy atom. The summed E-state index contributed by atoms with van der Waals surface area (Å²) in [5, 5.41) is 3.16. The van der Waals surface area contributed by atoms with Crippen LogP contribution >= 0.6 is 0 Å². The Balaban J connectivity index is 2.29. The van der Waals surface area contributed by atoms with Gasteiger partial charge in [0.2, 0.25) is 0 Å². The van der Waals surface area contributed by atoms with Crippen LogP contribution in [0.3, 0.4) is 0 Å². The Labute approximate surface area is 138 Å². The van der Waals surface area contributed by atoms with Crippen molar-refractivity contribution in [2.75, 3.05) is 29.0 Å². The molecule has 0 fully saturated rings. The SMILES string of the molecule is CC(C)CN(CC(C)C)c1ncnc(Nc2ccccn2)c1N. The van der Waals surface area contributed by atoms with Gasteiger partial charge in [0, 0.05) is 19.3 Å². The summed E-state index contributed by atoms with van der Waals surface area (Å²) in [5.41, 5.74) is 6.88. The summed E-state index contributed by atoms with van der Waals surface area (Å²) in [6, 6.07) is 5.66. The van der Waals surface area contributed by atoms with Crippen molar-refractivity contribution < 1.29 is 0 Å². The van der Waals surface area contributed by atoms with Gasteiger partial charge in [-0.1, -0.05) is 33.8 Å². The van der Waals surface area contributed by atoms with Crippen LogP contribution in [0.1, 0.15) is 27.7 Å². The minimum Gasteiger partial charge on any atom is -0.393 e. The summed E-state index contributed by atoms with van der Waals surface area (Å²) < 4.78 is 0. The molecule has 0 amide bonds. The summed E-state index contributed by atoms with van der Waals surface area (Å²) in [5.74, 6) is 3.13. The van der Waals surface area contributed by atoms with E-state index < -0.39 is 0 Å². The van der Waals surface area contributed by atoms with Crippen LogP contribution in [0.2, 0.25) is 0 Å². The van der Waals surface area contributed by atoms with Gasteiger partial charge in [0.05, 0.1) is 0 Å². The minimum absolute atomic E-state index is 0.523. The Morgan fingerprint density at radius 1 is 1.04 bits per heavy atom. The molecule has 0 aliphatic carbocycles. The monoisotopic (exact) mass is 314 g/mol. The number of pyridine rings is 1. The molecule has 0 saturated carbocycles. The molecule has 2 aromatic heterocycles. The highest BCUT2D eigenvalue weighted by Crippen LogP contribution is 2.28. The Hall–Kier alpha value is -2.37. The van der Waals surface area contributed by atoms with Crippen molar-refractivity contribution in [1.82, 2.24) is 15.0 Å². The van der Waals surface area contributed by atoms with Gasteiger partial charge in [0.25, 0.3) is 0 Å². The third-order valence-electron chi connectivity index (χ3n) is 3.24. The second-order valence-electron chi connectivity index (χ2n) is 6.49. The van der Waals surface area contributed by atoms with Gasteiger partial charge in [-0.3, -0.25) is 0 Å². The lowest BCUT2D eigenvalue weighted by Crippen LogP contribution is -2.32. The fourth-order valence-electron chi connectivity index (χ4n) is 2.42. The first kappa shape index (κ1) is 17.0. The predicted octanol–water partition coefficient (Wildman–Crippen LogP) is 3.32. The second-order valence-corrected chi connectivity index (χ2v) is 6.49. The molecule has 6 nitrogen and oxygen atoms in total. The Bertz CT molecular complexity index is 602. The van der Waals surface area contributed by atoms with Crippen LogP contribution in [0, 0.1) is 11.8 Å². The van der Waals surface area contributed by atoms with Crippen molar-refractivity contribution >= 4 is 23.1 Å². The molecule has 2 aromatic rings. The topological polar surface area (TPSA) is 80.0 Å².